The molecule has 2 aromatic heterocycles. The summed E-state index contributed by atoms with van der Waals surface area (Å²) in [6.45, 7) is 0. The fraction of sp³-hybridized carbons (Fsp3) is 0.0769. The van der Waals surface area contributed by atoms with Gasteiger partial charge in [-0.3, -0.25) is 4.57 Å². The van der Waals surface area contributed by atoms with Crippen LogP contribution in [0.1, 0.15) is 22.7 Å². The predicted molar refractivity (Wildman–Crippen MR) is 128 cm³/mol. The molecule has 158 valence electrons. The van der Waals surface area contributed by atoms with Crippen molar-refractivity contribution in [3.8, 4) is 28.6 Å². The molecule has 3 aromatic carbocycles. The van der Waals surface area contributed by atoms with Gasteiger partial charge in [-0.1, -0.05) is 65.7 Å². The van der Waals surface area contributed by atoms with Gasteiger partial charge in [-0.15, -0.1) is 0 Å². The van der Waals surface area contributed by atoms with Gasteiger partial charge in [0.15, 0.2) is 0 Å². The van der Waals surface area contributed by atoms with Crippen LogP contribution in [0.15, 0.2) is 72.8 Å². The lowest BCUT2D eigenvalue weighted by Crippen LogP contribution is -2.12. The Bertz CT molecular complexity index is 1500. The van der Waals surface area contributed by atoms with Crippen molar-refractivity contribution >= 4 is 34.1 Å². The second-order valence-electron chi connectivity index (χ2n) is 8.05. The van der Waals surface area contributed by atoms with Gasteiger partial charge < -0.3 is 15.2 Å². The molecule has 3 N–H and O–H groups in total. The van der Waals surface area contributed by atoms with Crippen LogP contribution in [0.2, 0.25) is 10.0 Å². The molecule has 1 aliphatic rings. The molecule has 0 amide bonds. The number of nitrogens with one attached hydrogen (secondary N) is 1. The Morgan fingerprint density at radius 3 is 2.38 bits per heavy atom. The lowest BCUT2D eigenvalue weighted by molar-refractivity contribution is 0.401. The number of para-hydroxylation sites is 2. The van der Waals surface area contributed by atoms with E-state index in [2.05, 4.69) is 4.98 Å². The molecule has 4 nitrogen and oxygen atoms in total. The minimum Gasteiger partial charge on any atom is -0.494 e. The Morgan fingerprint density at radius 1 is 0.844 bits per heavy atom. The van der Waals surface area contributed by atoms with Crippen molar-refractivity contribution in [3.63, 3.8) is 0 Å². The van der Waals surface area contributed by atoms with E-state index in [1.807, 2.05) is 66.7 Å². The number of nitrogens with zero attached hydrogens (tertiary/aromatic N) is 1. The molecule has 6 heteroatoms. The van der Waals surface area contributed by atoms with Crippen molar-refractivity contribution in [1.29, 1.82) is 0 Å². The number of rotatable bonds is 2. The van der Waals surface area contributed by atoms with Crippen LogP contribution in [0.3, 0.4) is 0 Å². The molecule has 5 aromatic rings. The standard InChI is InChI=1S/C26H18Cl2N2O2/c27-14-10-11-16(20(28)12-14)18-13-19-23(22-17-8-4-5-9-21(17)29-24(18)22)26(32)30(25(19)31)15-6-2-1-3-7-15/h1-12,18,29,31-32H,13H2. The van der Waals surface area contributed by atoms with Gasteiger partial charge in [-0.2, -0.15) is 0 Å². The maximum atomic E-state index is 11.3. The minimum atomic E-state index is -0.133. The maximum absolute atomic E-state index is 11.3. The van der Waals surface area contributed by atoms with Crippen molar-refractivity contribution in [2.75, 3.05) is 0 Å². The number of benzene rings is 3. The largest absolute Gasteiger partial charge is 0.494 e. The first-order chi connectivity index (χ1) is 15.5. The molecular weight excluding hydrogens is 443 g/mol. The summed E-state index contributed by atoms with van der Waals surface area (Å²) in [5, 5.41) is 24.7. The third-order valence-electron chi connectivity index (χ3n) is 6.31. The average molecular weight is 461 g/mol. The zero-order valence-electron chi connectivity index (χ0n) is 16.8. The number of aromatic nitrogens is 2. The summed E-state index contributed by atoms with van der Waals surface area (Å²) in [4.78, 5) is 3.55. The third kappa shape index (κ3) is 2.70. The van der Waals surface area contributed by atoms with Crippen LogP contribution in [0.5, 0.6) is 11.8 Å². The predicted octanol–water partition coefficient (Wildman–Crippen LogP) is 7.03. The fourth-order valence-electron chi connectivity index (χ4n) is 4.92. The highest BCUT2D eigenvalue weighted by Gasteiger charge is 2.37. The zero-order chi connectivity index (χ0) is 22.0. The molecule has 1 unspecified atom stereocenters. The second-order valence-corrected chi connectivity index (χ2v) is 8.90. The van der Waals surface area contributed by atoms with Crippen molar-refractivity contribution in [2.24, 2.45) is 0 Å². The quantitative estimate of drug-likeness (QED) is 0.264. The third-order valence-corrected chi connectivity index (χ3v) is 6.88. The van der Waals surface area contributed by atoms with E-state index in [-0.39, 0.29) is 17.7 Å². The highest BCUT2D eigenvalue weighted by Crippen LogP contribution is 2.54. The zero-order valence-corrected chi connectivity index (χ0v) is 18.3. The summed E-state index contributed by atoms with van der Waals surface area (Å²) in [7, 11) is 0. The van der Waals surface area contributed by atoms with Gasteiger partial charge in [0.2, 0.25) is 11.8 Å². The molecular formula is C26H18Cl2N2O2. The molecule has 0 fully saturated rings. The average Bonchev–Trinajstić information content (AvgIpc) is 3.29. The molecule has 6 rings (SSSR count). The van der Waals surface area contributed by atoms with Gasteiger partial charge in [0.1, 0.15) is 0 Å². The lowest BCUT2D eigenvalue weighted by Gasteiger charge is -2.24. The summed E-state index contributed by atoms with van der Waals surface area (Å²) in [5.41, 5.74) is 5.77. The Hall–Kier alpha value is -3.34. The maximum Gasteiger partial charge on any atom is 0.207 e. The van der Waals surface area contributed by atoms with E-state index in [0.717, 1.165) is 27.7 Å². The highest BCUT2D eigenvalue weighted by molar-refractivity contribution is 6.35. The molecule has 0 aliphatic heterocycles. The molecule has 32 heavy (non-hydrogen) atoms. The van der Waals surface area contributed by atoms with Gasteiger partial charge in [0, 0.05) is 43.7 Å². The van der Waals surface area contributed by atoms with Crippen LogP contribution in [-0.4, -0.2) is 19.8 Å². The minimum absolute atomic E-state index is 0.0235. The van der Waals surface area contributed by atoms with E-state index in [4.69, 9.17) is 23.2 Å². The van der Waals surface area contributed by atoms with Gasteiger partial charge in [-0.05, 0) is 42.3 Å². The van der Waals surface area contributed by atoms with E-state index in [1.54, 1.807) is 6.07 Å². The van der Waals surface area contributed by atoms with Crippen LogP contribution < -0.4 is 0 Å². The molecule has 0 saturated carbocycles. The molecule has 0 saturated heterocycles. The van der Waals surface area contributed by atoms with Crippen molar-refractivity contribution in [1.82, 2.24) is 9.55 Å². The number of H-pyrrole nitrogens is 1. The molecule has 2 heterocycles. The topological polar surface area (TPSA) is 61.2 Å². The monoisotopic (exact) mass is 460 g/mol. The van der Waals surface area contributed by atoms with Gasteiger partial charge >= 0.3 is 0 Å². The molecule has 1 aliphatic carbocycles. The lowest BCUT2D eigenvalue weighted by atomic mass is 9.80. The summed E-state index contributed by atoms with van der Waals surface area (Å²) >= 11 is 12.8. The van der Waals surface area contributed by atoms with Crippen LogP contribution >= 0.6 is 23.2 Å². The number of hydrogen-bond donors (Lipinski definition) is 3. The Balaban J connectivity index is 1.68. The second kappa shape index (κ2) is 7.09. The Morgan fingerprint density at radius 2 is 1.59 bits per heavy atom. The number of aromatic amines is 1. The van der Waals surface area contributed by atoms with Crippen LogP contribution in [0, 0.1) is 0 Å². The van der Waals surface area contributed by atoms with E-state index in [1.165, 1.54) is 4.57 Å². The summed E-state index contributed by atoms with van der Waals surface area (Å²) in [6, 6.07) is 22.8. The Labute approximate surface area is 194 Å². The Kier molecular flexibility index (Phi) is 4.29. The number of fused-ring (bicyclic) bond motifs is 5. The SMILES string of the molecule is Oc1c2c(c(O)n1-c1ccccc1)-c1c([nH]c3ccccc13)C(c1ccc(Cl)cc1Cl)C2. The van der Waals surface area contributed by atoms with Crippen molar-refractivity contribution in [2.45, 2.75) is 12.3 Å². The summed E-state index contributed by atoms with van der Waals surface area (Å²) < 4.78 is 1.50. The summed E-state index contributed by atoms with van der Waals surface area (Å²) in [6.07, 6.45) is 0.482. The molecule has 1 atom stereocenters. The van der Waals surface area contributed by atoms with E-state index >= 15 is 0 Å². The van der Waals surface area contributed by atoms with Crippen molar-refractivity contribution < 1.29 is 10.2 Å². The highest BCUT2D eigenvalue weighted by atomic mass is 35.5. The number of aromatic hydroxyl groups is 2. The number of halogens is 2. The van der Waals surface area contributed by atoms with Gasteiger partial charge in [-0.25, -0.2) is 0 Å². The van der Waals surface area contributed by atoms with Crippen LogP contribution in [0.25, 0.3) is 27.7 Å². The summed E-state index contributed by atoms with van der Waals surface area (Å²) in [5.74, 6) is -0.0725. The molecule has 0 radical (unpaired) electrons. The molecule has 0 bridgehead atoms. The van der Waals surface area contributed by atoms with Gasteiger partial charge in [0.05, 0.1) is 11.3 Å². The first-order valence-corrected chi connectivity index (χ1v) is 11.1. The first kappa shape index (κ1) is 19.4. The van der Waals surface area contributed by atoms with E-state index in [9.17, 15) is 10.2 Å². The van der Waals surface area contributed by atoms with E-state index in [0.29, 0.717) is 33.3 Å². The fourth-order valence-corrected chi connectivity index (χ4v) is 5.46. The van der Waals surface area contributed by atoms with Crippen LogP contribution in [-0.2, 0) is 6.42 Å². The first-order valence-electron chi connectivity index (χ1n) is 10.3. The normalized spacial score (nSPS) is 15.0. The van der Waals surface area contributed by atoms with Crippen LogP contribution in [0.4, 0.5) is 0 Å². The van der Waals surface area contributed by atoms with Crippen molar-refractivity contribution in [3.05, 3.63) is 99.7 Å². The van der Waals surface area contributed by atoms with E-state index < -0.39 is 0 Å². The van der Waals surface area contributed by atoms with Gasteiger partial charge in [0.25, 0.3) is 0 Å². The molecule has 0 spiro atoms. The smallest absolute Gasteiger partial charge is 0.207 e. The number of hydrogen-bond acceptors (Lipinski definition) is 2.